The number of ether oxygens (including phenoxy) is 1. The van der Waals surface area contributed by atoms with Gasteiger partial charge >= 0.3 is 5.97 Å². The minimum absolute atomic E-state index is 0.298. The third kappa shape index (κ3) is 4.78. The van der Waals surface area contributed by atoms with Crippen molar-refractivity contribution in [2.75, 3.05) is 34.3 Å². The lowest BCUT2D eigenvalue weighted by molar-refractivity contribution is -0.870. The highest BCUT2D eigenvalue weighted by atomic mass is 16.5. The van der Waals surface area contributed by atoms with E-state index >= 15 is 0 Å². The number of hydrogen-bond acceptors (Lipinski definition) is 3. The first-order valence-corrected chi connectivity index (χ1v) is 5.48. The van der Waals surface area contributed by atoms with Crippen LogP contribution in [-0.4, -0.2) is 49.7 Å². The molecule has 0 spiro atoms. The fourth-order valence-electron chi connectivity index (χ4n) is 1.15. The summed E-state index contributed by atoms with van der Waals surface area (Å²) in [4.78, 5) is 15.7. The predicted molar refractivity (Wildman–Crippen MR) is 67.1 cm³/mol. The highest BCUT2D eigenvalue weighted by molar-refractivity contribution is 6.14. The van der Waals surface area contributed by atoms with E-state index in [2.05, 4.69) is 11.6 Å². The van der Waals surface area contributed by atoms with Gasteiger partial charge < -0.3 is 9.22 Å². The summed E-state index contributed by atoms with van der Waals surface area (Å²) in [5, 5.41) is 0. The average Bonchev–Trinajstić information content (AvgIpc) is 2.27. The number of esters is 1. The van der Waals surface area contributed by atoms with Crippen LogP contribution >= 0.6 is 0 Å². The molecule has 0 fully saturated rings. The second-order valence-electron chi connectivity index (χ2n) is 4.84. The van der Waals surface area contributed by atoms with Crippen LogP contribution in [0.3, 0.4) is 0 Å². The SMILES string of the molecule is C=C(C(=O)OCC[N+](C)(C)C)c1ccccn1. The van der Waals surface area contributed by atoms with E-state index in [0.29, 0.717) is 17.9 Å². The van der Waals surface area contributed by atoms with Gasteiger partial charge in [-0.15, -0.1) is 0 Å². The average molecular weight is 235 g/mol. The van der Waals surface area contributed by atoms with Crippen LogP contribution in [0.2, 0.25) is 0 Å². The summed E-state index contributed by atoms with van der Waals surface area (Å²) < 4.78 is 5.89. The Hall–Kier alpha value is -1.68. The number of aromatic nitrogens is 1. The van der Waals surface area contributed by atoms with Crippen LogP contribution in [0, 0.1) is 0 Å². The number of nitrogens with zero attached hydrogens (tertiary/aromatic N) is 2. The Balaban J connectivity index is 2.47. The maximum atomic E-state index is 11.7. The molecular formula is C13H19N2O2+. The largest absolute Gasteiger partial charge is 0.456 e. The smallest absolute Gasteiger partial charge is 0.339 e. The molecule has 0 N–H and O–H groups in total. The molecule has 0 saturated carbocycles. The summed E-state index contributed by atoms with van der Waals surface area (Å²) in [6.07, 6.45) is 1.62. The van der Waals surface area contributed by atoms with Gasteiger partial charge in [0.25, 0.3) is 0 Å². The fourth-order valence-corrected chi connectivity index (χ4v) is 1.15. The Morgan fingerprint density at radius 2 is 2.12 bits per heavy atom. The minimum atomic E-state index is -0.405. The fraction of sp³-hybridized carbons (Fsp3) is 0.385. The second kappa shape index (κ2) is 5.59. The normalized spacial score (nSPS) is 11.0. The van der Waals surface area contributed by atoms with E-state index in [4.69, 9.17) is 4.74 Å². The number of rotatable bonds is 5. The van der Waals surface area contributed by atoms with E-state index in [1.54, 1.807) is 18.3 Å². The van der Waals surface area contributed by atoms with Crippen molar-refractivity contribution in [3.8, 4) is 0 Å². The van der Waals surface area contributed by atoms with E-state index < -0.39 is 5.97 Å². The first-order valence-electron chi connectivity index (χ1n) is 5.48. The summed E-state index contributed by atoms with van der Waals surface area (Å²) in [6, 6.07) is 5.34. The molecule has 0 atom stereocenters. The molecule has 0 aliphatic rings. The number of quaternary nitrogens is 1. The number of likely N-dealkylation sites (N-methyl/N-ethyl adjacent to an activating group) is 1. The topological polar surface area (TPSA) is 39.2 Å². The van der Waals surface area contributed by atoms with Crippen molar-refractivity contribution in [2.24, 2.45) is 0 Å². The summed E-state index contributed by atoms with van der Waals surface area (Å²) in [5.41, 5.74) is 0.856. The lowest BCUT2D eigenvalue weighted by atomic mass is 10.2. The lowest BCUT2D eigenvalue weighted by Crippen LogP contribution is -2.38. The Kier molecular flexibility index (Phi) is 4.40. The van der Waals surface area contributed by atoms with E-state index in [1.165, 1.54) is 0 Å². The van der Waals surface area contributed by atoms with E-state index in [-0.39, 0.29) is 0 Å². The molecule has 1 heterocycles. The molecule has 1 aromatic heterocycles. The van der Waals surface area contributed by atoms with Crippen LogP contribution in [-0.2, 0) is 9.53 Å². The maximum Gasteiger partial charge on any atom is 0.339 e. The van der Waals surface area contributed by atoms with Crippen molar-refractivity contribution in [3.05, 3.63) is 36.7 Å². The van der Waals surface area contributed by atoms with E-state index in [0.717, 1.165) is 11.0 Å². The molecule has 0 amide bonds. The van der Waals surface area contributed by atoms with Crippen molar-refractivity contribution >= 4 is 11.5 Å². The lowest BCUT2D eigenvalue weighted by Gasteiger charge is -2.23. The molecule has 0 bridgehead atoms. The highest BCUT2D eigenvalue weighted by Gasteiger charge is 2.14. The number of pyridine rings is 1. The summed E-state index contributed by atoms with van der Waals surface area (Å²) in [7, 11) is 6.13. The first kappa shape index (κ1) is 13.4. The number of hydrogen-bond donors (Lipinski definition) is 0. The number of carbonyl (C=O) groups excluding carboxylic acids is 1. The second-order valence-corrected chi connectivity index (χ2v) is 4.84. The molecule has 0 unspecified atom stereocenters. The Labute approximate surface area is 102 Å². The van der Waals surface area contributed by atoms with Crippen LogP contribution in [0.5, 0.6) is 0 Å². The monoisotopic (exact) mass is 235 g/mol. The van der Waals surface area contributed by atoms with E-state index in [9.17, 15) is 4.79 Å². The van der Waals surface area contributed by atoms with Crippen LogP contribution in [0.25, 0.3) is 5.57 Å². The van der Waals surface area contributed by atoms with E-state index in [1.807, 2.05) is 27.2 Å². The molecule has 0 radical (unpaired) electrons. The third-order valence-electron chi connectivity index (χ3n) is 2.22. The molecular weight excluding hydrogens is 216 g/mol. The maximum absolute atomic E-state index is 11.7. The molecule has 0 aromatic carbocycles. The molecule has 92 valence electrons. The molecule has 0 saturated heterocycles. The summed E-state index contributed by atoms with van der Waals surface area (Å²) >= 11 is 0. The van der Waals surface area contributed by atoms with Gasteiger partial charge in [0.15, 0.2) is 0 Å². The van der Waals surface area contributed by atoms with Crippen LogP contribution in [0.1, 0.15) is 5.69 Å². The first-order chi connectivity index (χ1) is 7.90. The molecule has 0 aliphatic carbocycles. The van der Waals surface area contributed by atoms with Gasteiger partial charge in [0.1, 0.15) is 13.2 Å². The van der Waals surface area contributed by atoms with Crippen molar-refractivity contribution in [1.82, 2.24) is 4.98 Å². The van der Waals surface area contributed by atoms with Gasteiger partial charge in [0, 0.05) is 6.20 Å². The third-order valence-corrected chi connectivity index (χ3v) is 2.22. The van der Waals surface area contributed by atoms with Crippen LogP contribution < -0.4 is 0 Å². The molecule has 4 nitrogen and oxygen atoms in total. The Morgan fingerprint density at radius 3 is 2.65 bits per heavy atom. The van der Waals surface area contributed by atoms with Gasteiger partial charge in [0.2, 0.25) is 0 Å². The zero-order chi connectivity index (χ0) is 12.9. The van der Waals surface area contributed by atoms with Gasteiger partial charge in [-0.25, -0.2) is 4.79 Å². The molecule has 17 heavy (non-hydrogen) atoms. The molecule has 0 aliphatic heterocycles. The molecule has 4 heteroatoms. The standard InChI is InChI=1S/C13H19N2O2/c1-11(12-7-5-6-8-14-12)13(16)17-10-9-15(2,3)4/h5-8H,1,9-10H2,2-4H3/q+1. The van der Waals surface area contributed by atoms with Crippen LogP contribution in [0.15, 0.2) is 31.0 Å². The van der Waals surface area contributed by atoms with Gasteiger partial charge in [-0.1, -0.05) is 12.6 Å². The highest BCUT2D eigenvalue weighted by Crippen LogP contribution is 2.10. The molecule has 1 rings (SSSR count). The van der Waals surface area contributed by atoms with Gasteiger partial charge in [-0.05, 0) is 12.1 Å². The zero-order valence-electron chi connectivity index (χ0n) is 10.6. The van der Waals surface area contributed by atoms with Crippen LogP contribution in [0.4, 0.5) is 0 Å². The minimum Gasteiger partial charge on any atom is -0.456 e. The van der Waals surface area contributed by atoms with Crippen molar-refractivity contribution < 1.29 is 14.0 Å². The quantitative estimate of drug-likeness (QED) is 0.439. The summed E-state index contributed by atoms with van der Waals surface area (Å²) in [6.45, 7) is 4.85. The van der Waals surface area contributed by atoms with Crippen molar-refractivity contribution in [1.29, 1.82) is 0 Å². The van der Waals surface area contributed by atoms with Crippen molar-refractivity contribution in [2.45, 2.75) is 0 Å². The molecule has 1 aromatic rings. The Morgan fingerprint density at radius 1 is 1.41 bits per heavy atom. The zero-order valence-corrected chi connectivity index (χ0v) is 10.6. The number of carbonyl (C=O) groups is 1. The Bertz CT molecular complexity index is 394. The predicted octanol–water partition coefficient (Wildman–Crippen LogP) is 1.34. The van der Waals surface area contributed by atoms with Gasteiger partial charge in [-0.3, -0.25) is 4.98 Å². The van der Waals surface area contributed by atoms with Gasteiger partial charge in [-0.2, -0.15) is 0 Å². The summed E-state index contributed by atoms with van der Waals surface area (Å²) in [5.74, 6) is -0.405. The van der Waals surface area contributed by atoms with Gasteiger partial charge in [0.05, 0.1) is 32.4 Å². The van der Waals surface area contributed by atoms with Crippen molar-refractivity contribution in [3.63, 3.8) is 0 Å².